The lowest BCUT2D eigenvalue weighted by Crippen LogP contribution is -2.41. The molecule has 0 bridgehead atoms. The first-order valence-corrected chi connectivity index (χ1v) is 20.6. The fraction of sp³-hybridized carbons (Fsp3) is 0.444. The number of rotatable bonds is 8. The molecule has 2 aliphatic heterocycles. The van der Waals surface area contributed by atoms with Gasteiger partial charge in [-0.3, -0.25) is 23.4 Å². The second-order valence-electron chi connectivity index (χ2n) is 12.9. The molecule has 290 valence electrons. The number of hydrogen-bond donors (Lipinski definition) is 4. The minimum Gasteiger partial charge on any atom is -0.383 e. The Bertz CT molecular complexity index is 1970. The van der Waals surface area contributed by atoms with Gasteiger partial charge in [-0.05, 0) is 73.6 Å². The Kier molecular flexibility index (Phi) is 15.3. The first kappa shape index (κ1) is 42.1. The molecule has 4 aromatic rings. The summed E-state index contributed by atoms with van der Waals surface area (Å²) in [5, 5.41) is 7.14. The Labute approximate surface area is 325 Å². The van der Waals surface area contributed by atoms with E-state index in [9.17, 15) is 23.4 Å². The van der Waals surface area contributed by atoms with Crippen molar-refractivity contribution in [3.05, 3.63) is 67.3 Å². The summed E-state index contributed by atoms with van der Waals surface area (Å²) < 4.78 is 11.6. The van der Waals surface area contributed by atoms with E-state index >= 15 is 0 Å². The van der Waals surface area contributed by atoms with E-state index in [-0.39, 0.29) is 51.8 Å². The van der Waals surface area contributed by atoms with Crippen molar-refractivity contribution in [2.45, 2.75) is 77.5 Å². The SMILES string of the molecule is CC(=O)N1CCC(N)CC1.CC(=O)N1CCC(Nc2ncc(C(=O)c3sccc3C)c(N)n2)CC1.CCS(=O)c1ncc(C(=O)c2sccc2C)c(N)n1. The summed E-state index contributed by atoms with van der Waals surface area (Å²) in [4.78, 5) is 68.3. The van der Waals surface area contributed by atoms with E-state index in [0.717, 1.165) is 63.0 Å². The van der Waals surface area contributed by atoms with E-state index in [0.29, 0.717) is 33.1 Å². The molecule has 6 heterocycles. The second-order valence-corrected chi connectivity index (χ2v) is 16.3. The number of aryl methyl sites for hydroxylation is 2. The van der Waals surface area contributed by atoms with Crippen LogP contribution in [-0.4, -0.2) is 101 Å². The van der Waals surface area contributed by atoms with Gasteiger partial charge in [0.15, 0.2) is 0 Å². The highest BCUT2D eigenvalue weighted by Crippen LogP contribution is 2.24. The lowest BCUT2D eigenvalue weighted by Gasteiger charge is -2.31. The van der Waals surface area contributed by atoms with Crippen LogP contribution in [0.1, 0.15) is 88.1 Å². The molecule has 0 aliphatic carbocycles. The van der Waals surface area contributed by atoms with Crippen LogP contribution >= 0.6 is 22.7 Å². The minimum absolute atomic E-state index is 0.0737. The summed E-state index contributed by atoms with van der Waals surface area (Å²) >= 11 is 2.74. The Balaban J connectivity index is 0.000000197. The predicted octanol–water partition coefficient (Wildman–Crippen LogP) is 3.83. The van der Waals surface area contributed by atoms with Crippen molar-refractivity contribution in [1.82, 2.24) is 29.7 Å². The molecule has 2 saturated heterocycles. The monoisotopic (exact) mass is 796 g/mol. The average molecular weight is 797 g/mol. The lowest BCUT2D eigenvalue weighted by atomic mass is 10.1. The number of carbonyl (C=O) groups is 4. The molecule has 6 rings (SSSR count). The van der Waals surface area contributed by atoms with Gasteiger partial charge in [-0.25, -0.2) is 15.0 Å². The number of likely N-dealkylation sites (tertiary alicyclic amines) is 2. The average Bonchev–Trinajstić information content (AvgIpc) is 3.79. The number of piperidine rings is 2. The van der Waals surface area contributed by atoms with Crippen molar-refractivity contribution in [2.75, 3.05) is 48.7 Å². The first-order valence-electron chi connectivity index (χ1n) is 17.5. The van der Waals surface area contributed by atoms with Crippen LogP contribution in [0.15, 0.2) is 40.4 Å². The van der Waals surface area contributed by atoms with Gasteiger partial charge in [-0.1, -0.05) is 6.92 Å². The van der Waals surface area contributed by atoms with Gasteiger partial charge >= 0.3 is 0 Å². The van der Waals surface area contributed by atoms with Crippen LogP contribution in [0.4, 0.5) is 17.6 Å². The van der Waals surface area contributed by atoms with Crippen LogP contribution in [-0.2, 0) is 20.4 Å². The Hall–Kier alpha value is -4.65. The molecule has 4 aromatic heterocycles. The number of anilines is 3. The number of nitrogens with two attached hydrogens (primary N) is 3. The van der Waals surface area contributed by atoms with Crippen LogP contribution < -0.4 is 22.5 Å². The van der Waals surface area contributed by atoms with Crippen LogP contribution in [0.3, 0.4) is 0 Å². The largest absolute Gasteiger partial charge is 0.383 e. The molecule has 0 aromatic carbocycles. The highest BCUT2D eigenvalue weighted by atomic mass is 32.2. The molecule has 0 spiro atoms. The van der Waals surface area contributed by atoms with E-state index in [1.165, 1.54) is 35.1 Å². The fourth-order valence-electron chi connectivity index (χ4n) is 5.62. The number of ketones is 2. The molecular weight excluding hydrogens is 749 g/mol. The van der Waals surface area contributed by atoms with Gasteiger partial charge in [0.1, 0.15) is 11.6 Å². The van der Waals surface area contributed by atoms with E-state index in [1.807, 2.05) is 46.5 Å². The van der Waals surface area contributed by atoms with Crippen LogP contribution in [0.5, 0.6) is 0 Å². The smallest absolute Gasteiger partial charge is 0.224 e. The number of hydrogen-bond acceptors (Lipinski definition) is 15. The Morgan fingerprint density at radius 2 is 1.26 bits per heavy atom. The normalized spacial score (nSPS) is 15.3. The van der Waals surface area contributed by atoms with Crippen LogP contribution in [0.2, 0.25) is 0 Å². The molecular formula is C36H48N10O5S3. The number of amides is 2. The minimum atomic E-state index is -1.27. The first-order chi connectivity index (χ1) is 25.7. The molecule has 0 saturated carbocycles. The number of nitrogen functional groups attached to an aromatic ring is 2. The summed E-state index contributed by atoms with van der Waals surface area (Å²) in [5.41, 5.74) is 19.8. The zero-order valence-corrected chi connectivity index (χ0v) is 33.6. The van der Waals surface area contributed by atoms with Gasteiger partial charge in [-0.2, -0.15) is 4.98 Å². The molecule has 15 nitrogen and oxygen atoms in total. The van der Waals surface area contributed by atoms with Crippen molar-refractivity contribution in [2.24, 2.45) is 5.73 Å². The number of carbonyl (C=O) groups excluding carboxylic acids is 4. The third-order valence-corrected chi connectivity index (χ3v) is 12.1. The lowest BCUT2D eigenvalue weighted by molar-refractivity contribution is -0.130. The van der Waals surface area contributed by atoms with E-state index in [2.05, 4.69) is 25.3 Å². The summed E-state index contributed by atoms with van der Waals surface area (Å²) in [5.74, 6) is 1.01. The van der Waals surface area contributed by atoms with E-state index in [4.69, 9.17) is 17.2 Å². The van der Waals surface area contributed by atoms with Gasteiger partial charge in [0.2, 0.25) is 34.5 Å². The van der Waals surface area contributed by atoms with Crippen molar-refractivity contribution in [3.63, 3.8) is 0 Å². The molecule has 1 unspecified atom stereocenters. The van der Waals surface area contributed by atoms with Crippen molar-refractivity contribution in [1.29, 1.82) is 0 Å². The van der Waals surface area contributed by atoms with E-state index < -0.39 is 10.8 Å². The zero-order valence-electron chi connectivity index (χ0n) is 31.2. The molecule has 2 amide bonds. The number of aromatic nitrogens is 4. The van der Waals surface area contributed by atoms with Gasteiger partial charge < -0.3 is 32.3 Å². The molecule has 18 heteroatoms. The Morgan fingerprint density at radius 1 is 0.796 bits per heavy atom. The molecule has 7 N–H and O–H groups in total. The van der Waals surface area contributed by atoms with Crippen molar-refractivity contribution < 1.29 is 23.4 Å². The van der Waals surface area contributed by atoms with E-state index in [1.54, 1.807) is 20.8 Å². The predicted molar refractivity (Wildman–Crippen MR) is 213 cm³/mol. The highest BCUT2D eigenvalue weighted by molar-refractivity contribution is 7.84. The molecule has 0 radical (unpaired) electrons. The third-order valence-electron chi connectivity index (χ3n) is 8.96. The summed E-state index contributed by atoms with van der Waals surface area (Å²) in [7, 11) is -1.27. The summed E-state index contributed by atoms with van der Waals surface area (Å²) in [6, 6.07) is 4.28. The fourth-order valence-corrected chi connectivity index (χ4v) is 8.01. The standard InChI is InChI=1S/C17H21N5O2S.C12H13N3O2S2.C7H14N2O/c1-10-5-8-25-15(10)14(24)13-9-19-17(21-16(13)18)20-12-3-6-22(7-4-12)11(2)23;1-3-19(17)12-14-6-8(11(13)15-12)9(16)10-7(2)4-5-18-10;1-6(10)9-4-2-7(8)3-5-9/h5,8-9,12H,3-4,6-7H2,1-2H3,(H3,18,19,20,21);4-6H,3H2,1-2H3,(H2,13,14,15);7H,2-5,8H2,1H3. The maximum Gasteiger partial charge on any atom is 0.224 e. The third kappa shape index (κ3) is 11.2. The van der Waals surface area contributed by atoms with Crippen LogP contribution in [0.25, 0.3) is 0 Å². The summed E-state index contributed by atoms with van der Waals surface area (Å²) in [6.45, 7) is 11.8. The number of nitrogens with one attached hydrogen (secondary N) is 1. The maximum atomic E-state index is 12.5. The van der Waals surface area contributed by atoms with Crippen molar-refractivity contribution in [3.8, 4) is 0 Å². The molecule has 54 heavy (non-hydrogen) atoms. The van der Waals surface area contributed by atoms with Gasteiger partial charge in [-0.15, -0.1) is 22.7 Å². The molecule has 2 fully saturated rings. The maximum absolute atomic E-state index is 12.5. The quantitative estimate of drug-likeness (QED) is 0.147. The van der Waals surface area contributed by atoms with Crippen molar-refractivity contribution >= 4 is 74.4 Å². The second kappa shape index (κ2) is 19.6. The zero-order chi connectivity index (χ0) is 39.5. The van der Waals surface area contributed by atoms with Crippen LogP contribution in [0, 0.1) is 13.8 Å². The molecule has 2 aliphatic rings. The topological polar surface area (TPSA) is 233 Å². The van der Waals surface area contributed by atoms with Gasteiger partial charge in [0, 0.05) is 70.3 Å². The highest BCUT2D eigenvalue weighted by Gasteiger charge is 2.23. The number of nitrogens with zero attached hydrogens (tertiary/aromatic N) is 6. The number of thiophene rings is 2. The van der Waals surface area contributed by atoms with Gasteiger partial charge in [0.25, 0.3) is 0 Å². The molecule has 1 atom stereocenters. The van der Waals surface area contributed by atoms with Gasteiger partial charge in [0.05, 0.1) is 31.7 Å². The summed E-state index contributed by atoms with van der Waals surface area (Å²) in [6.07, 6.45) is 6.42. The Morgan fingerprint density at radius 3 is 1.67 bits per heavy atom.